The van der Waals surface area contributed by atoms with Gasteiger partial charge in [0, 0.05) is 5.56 Å². The summed E-state index contributed by atoms with van der Waals surface area (Å²) in [7, 11) is 4.17. The van der Waals surface area contributed by atoms with Crippen molar-refractivity contribution in [2.24, 2.45) is 0 Å². The van der Waals surface area contributed by atoms with Crippen molar-refractivity contribution in [3.05, 3.63) is 17.7 Å². The van der Waals surface area contributed by atoms with Gasteiger partial charge in [0.2, 0.25) is 0 Å². The first-order chi connectivity index (χ1) is 8.60. The monoisotopic (exact) mass is 272 g/mol. The number of methoxy groups -OCH3 is 3. The Labute approximate surface area is 110 Å². The first-order valence-electron chi connectivity index (χ1n) is 5.15. The van der Waals surface area contributed by atoms with Crippen LogP contribution in [0.4, 0.5) is 0 Å². The van der Waals surface area contributed by atoms with Crippen LogP contribution >= 0.6 is 11.8 Å². The van der Waals surface area contributed by atoms with Gasteiger partial charge in [-0.05, 0) is 12.3 Å². The van der Waals surface area contributed by atoms with Gasteiger partial charge in [0.1, 0.15) is 0 Å². The second-order valence-corrected chi connectivity index (χ2v) is 4.20. The molecule has 0 saturated carbocycles. The molecule has 0 bridgehead atoms. The SMILES string of the molecule is COC(=O)C(O)c1ccc(SC)c(OC)c1OC. The van der Waals surface area contributed by atoms with Crippen molar-refractivity contribution in [2.75, 3.05) is 27.6 Å². The van der Waals surface area contributed by atoms with E-state index in [-0.39, 0.29) is 0 Å². The molecule has 1 unspecified atom stereocenters. The highest BCUT2D eigenvalue weighted by Gasteiger charge is 2.25. The first kappa shape index (κ1) is 14.7. The topological polar surface area (TPSA) is 65.0 Å². The molecule has 0 heterocycles. The van der Waals surface area contributed by atoms with Crippen LogP contribution in [0.25, 0.3) is 0 Å². The lowest BCUT2D eigenvalue weighted by molar-refractivity contribution is -0.150. The van der Waals surface area contributed by atoms with E-state index in [1.165, 1.54) is 33.1 Å². The Morgan fingerprint density at radius 2 is 1.83 bits per heavy atom. The molecule has 1 N–H and O–H groups in total. The van der Waals surface area contributed by atoms with Crippen LogP contribution in [0.1, 0.15) is 11.7 Å². The Balaban J connectivity index is 3.33. The molecule has 1 atom stereocenters. The van der Waals surface area contributed by atoms with E-state index < -0.39 is 12.1 Å². The molecule has 18 heavy (non-hydrogen) atoms. The molecule has 0 aliphatic carbocycles. The summed E-state index contributed by atoms with van der Waals surface area (Å²) in [5, 5.41) is 9.87. The second-order valence-electron chi connectivity index (χ2n) is 3.35. The molecule has 1 aromatic rings. The van der Waals surface area contributed by atoms with Gasteiger partial charge in [-0.1, -0.05) is 6.07 Å². The molecule has 1 rings (SSSR count). The molecular formula is C12H16O5S. The van der Waals surface area contributed by atoms with Gasteiger partial charge in [-0.15, -0.1) is 11.8 Å². The van der Waals surface area contributed by atoms with Crippen molar-refractivity contribution in [2.45, 2.75) is 11.0 Å². The minimum Gasteiger partial charge on any atom is -0.492 e. The van der Waals surface area contributed by atoms with Crippen LogP contribution in [0.2, 0.25) is 0 Å². The lowest BCUT2D eigenvalue weighted by Gasteiger charge is -2.17. The summed E-state index contributed by atoms with van der Waals surface area (Å²) in [6.07, 6.45) is 0.503. The Morgan fingerprint density at radius 3 is 2.28 bits per heavy atom. The minimum atomic E-state index is -1.39. The number of aliphatic hydroxyl groups is 1. The molecular weight excluding hydrogens is 256 g/mol. The number of ether oxygens (including phenoxy) is 3. The summed E-state index contributed by atoms with van der Waals surface area (Å²) in [5.41, 5.74) is 0.319. The molecule has 0 saturated heterocycles. The zero-order chi connectivity index (χ0) is 13.7. The third-order valence-electron chi connectivity index (χ3n) is 2.45. The highest BCUT2D eigenvalue weighted by molar-refractivity contribution is 7.98. The van der Waals surface area contributed by atoms with E-state index in [4.69, 9.17) is 9.47 Å². The molecule has 0 aliphatic heterocycles. The van der Waals surface area contributed by atoms with Crippen LogP contribution in [0.5, 0.6) is 11.5 Å². The average Bonchev–Trinajstić information content (AvgIpc) is 2.43. The van der Waals surface area contributed by atoms with Crippen molar-refractivity contribution < 1.29 is 24.1 Å². The van der Waals surface area contributed by atoms with E-state index in [2.05, 4.69) is 4.74 Å². The molecule has 0 amide bonds. The Hall–Kier alpha value is -1.40. The van der Waals surface area contributed by atoms with E-state index in [1.54, 1.807) is 12.1 Å². The summed E-state index contributed by atoms with van der Waals surface area (Å²) < 4.78 is 15.0. The van der Waals surface area contributed by atoms with Crippen molar-refractivity contribution in [3.63, 3.8) is 0 Å². The number of benzene rings is 1. The van der Waals surface area contributed by atoms with E-state index in [9.17, 15) is 9.90 Å². The number of esters is 1. The number of aliphatic hydroxyl groups excluding tert-OH is 1. The fourth-order valence-electron chi connectivity index (χ4n) is 1.58. The summed E-state index contributed by atoms with van der Waals surface area (Å²) in [4.78, 5) is 12.2. The fraction of sp³-hybridized carbons (Fsp3) is 0.417. The summed E-state index contributed by atoms with van der Waals surface area (Å²) >= 11 is 1.48. The van der Waals surface area contributed by atoms with E-state index >= 15 is 0 Å². The molecule has 6 heteroatoms. The van der Waals surface area contributed by atoms with Gasteiger partial charge in [-0.25, -0.2) is 4.79 Å². The Morgan fingerprint density at radius 1 is 1.22 bits per heavy atom. The highest BCUT2D eigenvalue weighted by atomic mass is 32.2. The number of carbonyl (C=O) groups is 1. The van der Waals surface area contributed by atoms with Crippen LogP contribution in [0.3, 0.4) is 0 Å². The normalized spacial score (nSPS) is 11.8. The predicted octanol–water partition coefficient (Wildman–Crippen LogP) is 1.63. The quantitative estimate of drug-likeness (QED) is 0.649. The number of hydrogen-bond donors (Lipinski definition) is 1. The standard InChI is InChI=1S/C12H16O5S/c1-15-10-7(9(13)12(14)17-3)5-6-8(18-4)11(10)16-2/h5-6,9,13H,1-4H3. The largest absolute Gasteiger partial charge is 0.492 e. The van der Waals surface area contributed by atoms with Crippen molar-refractivity contribution in [3.8, 4) is 11.5 Å². The van der Waals surface area contributed by atoms with Crippen LogP contribution in [-0.2, 0) is 9.53 Å². The number of carbonyl (C=O) groups excluding carboxylic acids is 1. The van der Waals surface area contributed by atoms with Gasteiger partial charge >= 0.3 is 5.97 Å². The fourth-order valence-corrected chi connectivity index (χ4v) is 2.14. The molecule has 0 radical (unpaired) electrons. The third-order valence-corrected chi connectivity index (χ3v) is 3.21. The molecule has 0 fully saturated rings. The molecule has 0 aromatic heterocycles. The number of hydrogen-bond acceptors (Lipinski definition) is 6. The van der Waals surface area contributed by atoms with Gasteiger partial charge in [-0.3, -0.25) is 0 Å². The molecule has 0 spiro atoms. The van der Waals surface area contributed by atoms with Crippen molar-refractivity contribution in [1.29, 1.82) is 0 Å². The average molecular weight is 272 g/mol. The van der Waals surface area contributed by atoms with Gasteiger partial charge in [0.15, 0.2) is 17.6 Å². The van der Waals surface area contributed by atoms with Gasteiger partial charge in [-0.2, -0.15) is 0 Å². The minimum absolute atomic E-state index is 0.319. The van der Waals surface area contributed by atoms with Crippen molar-refractivity contribution >= 4 is 17.7 Å². The second kappa shape index (κ2) is 6.51. The predicted molar refractivity (Wildman–Crippen MR) is 68.3 cm³/mol. The lowest BCUT2D eigenvalue weighted by Crippen LogP contribution is -2.14. The molecule has 0 aliphatic rings. The van der Waals surface area contributed by atoms with Gasteiger partial charge < -0.3 is 19.3 Å². The number of thioether (sulfide) groups is 1. The molecule has 100 valence electrons. The van der Waals surface area contributed by atoms with Crippen LogP contribution in [-0.4, -0.2) is 38.7 Å². The molecule has 5 nitrogen and oxygen atoms in total. The van der Waals surface area contributed by atoms with Gasteiger partial charge in [0.25, 0.3) is 0 Å². The third kappa shape index (κ3) is 2.70. The van der Waals surface area contributed by atoms with E-state index in [1.807, 2.05) is 6.26 Å². The van der Waals surface area contributed by atoms with E-state index in [0.717, 1.165) is 4.90 Å². The maximum Gasteiger partial charge on any atom is 0.339 e. The van der Waals surface area contributed by atoms with E-state index in [0.29, 0.717) is 17.1 Å². The van der Waals surface area contributed by atoms with Crippen LogP contribution < -0.4 is 9.47 Å². The number of rotatable bonds is 5. The van der Waals surface area contributed by atoms with Crippen molar-refractivity contribution in [1.82, 2.24) is 0 Å². The van der Waals surface area contributed by atoms with Gasteiger partial charge in [0.05, 0.1) is 26.2 Å². The maximum absolute atomic E-state index is 11.4. The Bertz CT molecular complexity index is 433. The highest BCUT2D eigenvalue weighted by Crippen LogP contribution is 2.41. The Kier molecular flexibility index (Phi) is 5.30. The zero-order valence-electron chi connectivity index (χ0n) is 10.7. The maximum atomic E-state index is 11.4. The smallest absolute Gasteiger partial charge is 0.339 e. The molecule has 1 aromatic carbocycles. The lowest BCUT2D eigenvalue weighted by atomic mass is 10.1. The van der Waals surface area contributed by atoms with Crippen LogP contribution in [0, 0.1) is 0 Å². The first-order valence-corrected chi connectivity index (χ1v) is 6.37. The van der Waals surface area contributed by atoms with Crippen LogP contribution in [0.15, 0.2) is 17.0 Å². The zero-order valence-corrected chi connectivity index (χ0v) is 11.5. The summed E-state index contributed by atoms with van der Waals surface area (Å²) in [5.74, 6) is 0.0833. The summed E-state index contributed by atoms with van der Waals surface area (Å²) in [6, 6.07) is 3.38. The summed E-state index contributed by atoms with van der Waals surface area (Å²) in [6.45, 7) is 0.